The largest absolute Gasteiger partial charge is 0.493 e. The number of carbonyl (C=O) groups is 1. The highest BCUT2D eigenvalue weighted by molar-refractivity contribution is 6.31. The molecule has 5 nitrogen and oxygen atoms in total. The van der Waals surface area contributed by atoms with E-state index in [1.165, 1.54) is 0 Å². The summed E-state index contributed by atoms with van der Waals surface area (Å²) in [6, 6.07) is 18.6. The third-order valence-corrected chi connectivity index (χ3v) is 4.82. The zero-order valence-electron chi connectivity index (χ0n) is 17.4. The molecule has 0 unspecified atom stereocenters. The van der Waals surface area contributed by atoms with Crippen molar-refractivity contribution in [2.75, 3.05) is 28.3 Å². The Morgan fingerprint density at radius 3 is 2.20 bits per heavy atom. The first-order valence-electron chi connectivity index (χ1n) is 9.37. The number of hydrogen-bond donors (Lipinski definition) is 0. The van der Waals surface area contributed by atoms with Gasteiger partial charge in [0.2, 0.25) is 0 Å². The molecule has 0 aliphatic carbocycles. The predicted molar refractivity (Wildman–Crippen MR) is 119 cm³/mol. The number of carbonyl (C=O) groups excluding carboxylic acids is 1. The molecule has 156 valence electrons. The quantitative estimate of drug-likeness (QED) is 0.515. The summed E-state index contributed by atoms with van der Waals surface area (Å²) in [6.07, 6.45) is 0. The highest BCUT2D eigenvalue weighted by Gasteiger charge is 2.10. The number of ether oxygens (including phenoxy) is 3. The fraction of sp³-hybridized carbons (Fsp3) is 0.208. The van der Waals surface area contributed by atoms with Crippen LogP contribution in [0.5, 0.6) is 17.2 Å². The van der Waals surface area contributed by atoms with Crippen molar-refractivity contribution >= 4 is 17.5 Å². The topological polar surface area (TPSA) is 48.0 Å². The SMILES string of the molecule is COc1ccc(-c2cc(Cl)cc(OCc3ccc(C(=O)N(C)C)cc3)c2)cc1OC. The van der Waals surface area contributed by atoms with Gasteiger partial charge in [-0.1, -0.05) is 29.8 Å². The van der Waals surface area contributed by atoms with Gasteiger partial charge in [-0.25, -0.2) is 0 Å². The number of methoxy groups -OCH3 is 2. The van der Waals surface area contributed by atoms with Gasteiger partial charge in [-0.2, -0.15) is 0 Å². The van der Waals surface area contributed by atoms with Gasteiger partial charge < -0.3 is 19.1 Å². The molecule has 0 atom stereocenters. The van der Waals surface area contributed by atoms with Crippen molar-refractivity contribution in [1.82, 2.24) is 4.90 Å². The van der Waals surface area contributed by atoms with Crippen LogP contribution < -0.4 is 14.2 Å². The molecule has 6 heteroatoms. The lowest BCUT2D eigenvalue weighted by Gasteiger charge is -2.13. The van der Waals surface area contributed by atoms with Gasteiger partial charge in [0.15, 0.2) is 11.5 Å². The molecule has 0 fully saturated rings. The van der Waals surface area contributed by atoms with Gasteiger partial charge in [0.1, 0.15) is 12.4 Å². The van der Waals surface area contributed by atoms with E-state index in [-0.39, 0.29) is 5.91 Å². The molecule has 0 saturated carbocycles. The summed E-state index contributed by atoms with van der Waals surface area (Å²) in [7, 11) is 6.67. The van der Waals surface area contributed by atoms with Crippen LogP contribution in [0.3, 0.4) is 0 Å². The summed E-state index contributed by atoms with van der Waals surface area (Å²) in [6.45, 7) is 0.363. The van der Waals surface area contributed by atoms with Crippen molar-refractivity contribution in [3.05, 3.63) is 76.8 Å². The van der Waals surface area contributed by atoms with Crippen LogP contribution in [0.2, 0.25) is 5.02 Å². The maximum Gasteiger partial charge on any atom is 0.253 e. The average molecular weight is 426 g/mol. The van der Waals surface area contributed by atoms with Crippen molar-refractivity contribution in [3.63, 3.8) is 0 Å². The van der Waals surface area contributed by atoms with E-state index in [1.807, 2.05) is 42.5 Å². The van der Waals surface area contributed by atoms with E-state index in [9.17, 15) is 4.79 Å². The van der Waals surface area contributed by atoms with Gasteiger partial charge in [-0.3, -0.25) is 4.79 Å². The lowest BCUT2D eigenvalue weighted by Crippen LogP contribution is -2.21. The molecule has 3 aromatic rings. The van der Waals surface area contributed by atoms with Crippen LogP contribution in [0.1, 0.15) is 15.9 Å². The summed E-state index contributed by atoms with van der Waals surface area (Å²) < 4.78 is 16.6. The molecule has 3 aromatic carbocycles. The molecule has 3 rings (SSSR count). The fourth-order valence-corrected chi connectivity index (χ4v) is 3.22. The van der Waals surface area contributed by atoms with E-state index in [0.29, 0.717) is 34.4 Å². The monoisotopic (exact) mass is 425 g/mol. The van der Waals surface area contributed by atoms with Crippen molar-refractivity contribution in [1.29, 1.82) is 0 Å². The molecular weight excluding hydrogens is 402 g/mol. The summed E-state index contributed by atoms with van der Waals surface area (Å²) >= 11 is 6.32. The predicted octanol–water partition coefficient (Wildman–Crippen LogP) is 5.31. The Bertz CT molecular complexity index is 1030. The molecule has 0 aliphatic heterocycles. The minimum absolute atomic E-state index is 0.0307. The van der Waals surface area contributed by atoms with Crippen LogP contribution in [0.15, 0.2) is 60.7 Å². The van der Waals surface area contributed by atoms with Crippen LogP contribution in [-0.2, 0) is 6.61 Å². The highest BCUT2D eigenvalue weighted by Crippen LogP contribution is 2.35. The summed E-state index contributed by atoms with van der Waals surface area (Å²) in [5.74, 6) is 1.93. The van der Waals surface area contributed by atoms with E-state index >= 15 is 0 Å². The Hall–Kier alpha value is -3.18. The second-order valence-electron chi connectivity index (χ2n) is 6.93. The number of amides is 1. The smallest absolute Gasteiger partial charge is 0.253 e. The maximum absolute atomic E-state index is 12.0. The van der Waals surface area contributed by atoms with Crippen molar-refractivity contribution in [2.45, 2.75) is 6.61 Å². The van der Waals surface area contributed by atoms with E-state index in [1.54, 1.807) is 51.4 Å². The van der Waals surface area contributed by atoms with Crippen LogP contribution in [0.4, 0.5) is 0 Å². The first-order valence-corrected chi connectivity index (χ1v) is 9.75. The number of hydrogen-bond acceptors (Lipinski definition) is 4. The Kier molecular flexibility index (Phi) is 6.85. The van der Waals surface area contributed by atoms with Gasteiger partial charge in [0.05, 0.1) is 14.2 Å². The summed E-state index contributed by atoms with van der Waals surface area (Å²) in [5.41, 5.74) is 3.44. The zero-order chi connectivity index (χ0) is 21.7. The summed E-state index contributed by atoms with van der Waals surface area (Å²) in [5, 5.41) is 0.573. The molecule has 0 spiro atoms. The van der Waals surface area contributed by atoms with E-state index in [4.69, 9.17) is 25.8 Å². The molecule has 0 N–H and O–H groups in total. The van der Waals surface area contributed by atoms with Crippen LogP contribution >= 0.6 is 11.6 Å². The molecular formula is C24H24ClNO4. The maximum atomic E-state index is 12.0. The van der Waals surface area contributed by atoms with E-state index in [0.717, 1.165) is 16.7 Å². The van der Waals surface area contributed by atoms with Gasteiger partial charge in [0, 0.05) is 24.7 Å². The third-order valence-electron chi connectivity index (χ3n) is 4.60. The lowest BCUT2D eigenvalue weighted by atomic mass is 10.0. The molecule has 0 aromatic heterocycles. The Morgan fingerprint density at radius 2 is 1.57 bits per heavy atom. The Morgan fingerprint density at radius 1 is 0.867 bits per heavy atom. The second kappa shape index (κ2) is 9.55. The first-order chi connectivity index (χ1) is 14.4. The van der Waals surface area contributed by atoms with Crippen LogP contribution in [0, 0.1) is 0 Å². The molecule has 0 heterocycles. The first kappa shape index (κ1) is 21.5. The van der Waals surface area contributed by atoms with Crippen LogP contribution in [-0.4, -0.2) is 39.1 Å². The standard InChI is InChI=1S/C24H24ClNO4/c1-26(2)24(27)17-7-5-16(6-8-17)15-30-21-12-19(11-20(25)14-21)18-9-10-22(28-3)23(13-18)29-4/h5-14H,15H2,1-4H3. The number of nitrogens with zero attached hydrogens (tertiary/aromatic N) is 1. The normalized spacial score (nSPS) is 10.4. The van der Waals surface area contributed by atoms with Crippen molar-refractivity contribution in [2.24, 2.45) is 0 Å². The minimum Gasteiger partial charge on any atom is -0.493 e. The second-order valence-corrected chi connectivity index (χ2v) is 7.37. The van der Waals surface area contributed by atoms with Gasteiger partial charge in [-0.15, -0.1) is 0 Å². The third kappa shape index (κ3) is 5.05. The van der Waals surface area contributed by atoms with Gasteiger partial charge in [0.25, 0.3) is 5.91 Å². The number of halogens is 1. The molecule has 30 heavy (non-hydrogen) atoms. The molecule has 0 saturated heterocycles. The Labute approximate surface area is 181 Å². The van der Waals surface area contributed by atoms with Crippen molar-refractivity contribution in [3.8, 4) is 28.4 Å². The Balaban J connectivity index is 1.77. The van der Waals surface area contributed by atoms with Crippen LogP contribution in [0.25, 0.3) is 11.1 Å². The van der Waals surface area contributed by atoms with Gasteiger partial charge in [-0.05, 0) is 59.2 Å². The number of rotatable bonds is 7. The van der Waals surface area contributed by atoms with Crippen molar-refractivity contribution < 1.29 is 19.0 Å². The van der Waals surface area contributed by atoms with E-state index < -0.39 is 0 Å². The summed E-state index contributed by atoms with van der Waals surface area (Å²) in [4.78, 5) is 13.5. The van der Waals surface area contributed by atoms with E-state index in [2.05, 4.69) is 0 Å². The molecule has 0 radical (unpaired) electrons. The molecule has 0 bridgehead atoms. The van der Waals surface area contributed by atoms with Gasteiger partial charge >= 0.3 is 0 Å². The molecule has 1 amide bonds. The average Bonchev–Trinajstić information content (AvgIpc) is 2.76. The lowest BCUT2D eigenvalue weighted by molar-refractivity contribution is 0.0827. The highest BCUT2D eigenvalue weighted by atomic mass is 35.5. The number of benzene rings is 3. The molecule has 0 aliphatic rings. The minimum atomic E-state index is -0.0307. The fourth-order valence-electron chi connectivity index (χ4n) is 3.00. The zero-order valence-corrected chi connectivity index (χ0v) is 18.2.